The lowest BCUT2D eigenvalue weighted by Gasteiger charge is -2.26. The maximum absolute atomic E-state index is 6.40. The van der Waals surface area contributed by atoms with E-state index in [-0.39, 0.29) is 0 Å². The van der Waals surface area contributed by atoms with Gasteiger partial charge in [0.25, 0.3) is 0 Å². The molecular weight excluding hydrogens is 717 g/mol. The SMILES string of the molecule is c1ccc2c(c1)ccc1c(-c3ccc(N(c4ccc(-c5ccc(-n6c7ccccc7c7ccccc76)cc5)cc4)c4cccc5oc6ccccc6c45)cc3)cccc12. The van der Waals surface area contributed by atoms with E-state index in [1.807, 2.05) is 12.1 Å². The molecule has 0 aliphatic heterocycles. The Bertz CT molecular complexity index is 3480. The Morgan fingerprint density at radius 1 is 0.339 bits per heavy atom. The van der Waals surface area contributed by atoms with E-state index in [0.717, 1.165) is 50.3 Å². The monoisotopic (exact) mass is 752 g/mol. The third-order valence-corrected chi connectivity index (χ3v) is 12.0. The van der Waals surface area contributed by atoms with Crippen molar-refractivity contribution in [3.05, 3.63) is 218 Å². The van der Waals surface area contributed by atoms with E-state index in [1.165, 1.54) is 60.0 Å². The van der Waals surface area contributed by atoms with E-state index in [9.17, 15) is 0 Å². The molecule has 3 heteroatoms. The molecule has 10 aromatic carbocycles. The Morgan fingerprint density at radius 3 is 1.59 bits per heavy atom. The number of benzene rings is 10. The third kappa shape index (κ3) is 5.36. The number of aromatic nitrogens is 1. The topological polar surface area (TPSA) is 21.3 Å². The number of furan rings is 1. The highest BCUT2D eigenvalue weighted by Crippen LogP contribution is 2.44. The predicted octanol–water partition coefficient (Wildman–Crippen LogP) is 15.8. The van der Waals surface area contributed by atoms with Crippen molar-refractivity contribution in [2.24, 2.45) is 0 Å². The number of hydrogen-bond acceptors (Lipinski definition) is 2. The van der Waals surface area contributed by atoms with Crippen LogP contribution in [0, 0.1) is 0 Å². The Hall–Kier alpha value is -7.88. The van der Waals surface area contributed by atoms with Gasteiger partial charge in [0.2, 0.25) is 0 Å². The molecule has 0 fully saturated rings. The molecular formula is C56H36N2O. The minimum absolute atomic E-state index is 0.869. The lowest BCUT2D eigenvalue weighted by atomic mass is 9.94. The number of rotatable bonds is 6. The summed E-state index contributed by atoms with van der Waals surface area (Å²) < 4.78 is 8.76. The Labute approximate surface area is 341 Å². The third-order valence-electron chi connectivity index (χ3n) is 12.0. The van der Waals surface area contributed by atoms with Crippen molar-refractivity contribution in [1.82, 2.24) is 4.57 Å². The van der Waals surface area contributed by atoms with Crippen molar-refractivity contribution in [3.63, 3.8) is 0 Å². The molecule has 59 heavy (non-hydrogen) atoms. The van der Waals surface area contributed by atoms with E-state index in [2.05, 4.69) is 216 Å². The van der Waals surface area contributed by atoms with E-state index in [0.29, 0.717) is 0 Å². The van der Waals surface area contributed by atoms with Crippen molar-refractivity contribution >= 4 is 82.4 Å². The summed E-state index contributed by atoms with van der Waals surface area (Å²) in [6, 6.07) is 78.7. The van der Waals surface area contributed by atoms with Gasteiger partial charge in [-0.2, -0.15) is 0 Å². The molecule has 0 radical (unpaired) electrons. The fourth-order valence-electron chi connectivity index (χ4n) is 9.26. The van der Waals surface area contributed by atoms with Crippen LogP contribution in [-0.2, 0) is 0 Å². The lowest BCUT2D eigenvalue weighted by Crippen LogP contribution is -2.10. The average Bonchev–Trinajstić information content (AvgIpc) is 3.86. The first kappa shape index (κ1) is 33.3. The van der Waals surface area contributed by atoms with E-state index < -0.39 is 0 Å². The van der Waals surface area contributed by atoms with Crippen LogP contribution in [0.25, 0.3) is 93.2 Å². The average molecular weight is 753 g/mol. The molecule has 12 aromatic rings. The van der Waals surface area contributed by atoms with Crippen LogP contribution >= 0.6 is 0 Å². The van der Waals surface area contributed by atoms with Gasteiger partial charge in [0.05, 0.1) is 22.1 Å². The molecule has 2 aromatic heterocycles. The molecule has 0 saturated carbocycles. The summed E-state index contributed by atoms with van der Waals surface area (Å²) in [5.74, 6) is 0. The summed E-state index contributed by atoms with van der Waals surface area (Å²) in [5.41, 5.74) is 13.3. The highest BCUT2D eigenvalue weighted by atomic mass is 16.3. The van der Waals surface area contributed by atoms with Crippen molar-refractivity contribution < 1.29 is 4.42 Å². The van der Waals surface area contributed by atoms with Crippen LogP contribution in [-0.4, -0.2) is 4.57 Å². The molecule has 0 spiro atoms. The summed E-state index contributed by atoms with van der Waals surface area (Å²) in [7, 11) is 0. The lowest BCUT2D eigenvalue weighted by molar-refractivity contribution is 0.669. The molecule has 0 unspecified atom stereocenters. The summed E-state index contributed by atoms with van der Waals surface area (Å²) in [6.45, 7) is 0. The number of nitrogens with zero attached hydrogens (tertiary/aromatic N) is 2. The molecule has 276 valence electrons. The molecule has 12 rings (SSSR count). The fourth-order valence-corrected chi connectivity index (χ4v) is 9.26. The van der Waals surface area contributed by atoms with Gasteiger partial charge >= 0.3 is 0 Å². The van der Waals surface area contributed by atoms with E-state index in [1.54, 1.807) is 0 Å². The van der Waals surface area contributed by atoms with Gasteiger partial charge < -0.3 is 13.9 Å². The minimum atomic E-state index is 0.869. The Balaban J connectivity index is 0.947. The predicted molar refractivity (Wildman–Crippen MR) is 249 cm³/mol. The molecule has 0 saturated heterocycles. The van der Waals surface area contributed by atoms with Crippen LogP contribution in [0.1, 0.15) is 0 Å². The van der Waals surface area contributed by atoms with Crippen LogP contribution < -0.4 is 4.90 Å². The van der Waals surface area contributed by atoms with Gasteiger partial charge in [0.15, 0.2) is 0 Å². The first-order valence-electron chi connectivity index (χ1n) is 20.2. The maximum Gasteiger partial charge on any atom is 0.137 e. The zero-order chi connectivity index (χ0) is 38.9. The second-order valence-electron chi connectivity index (χ2n) is 15.3. The fraction of sp³-hybridized carbons (Fsp3) is 0. The molecule has 0 aliphatic carbocycles. The van der Waals surface area contributed by atoms with Gasteiger partial charge in [-0.1, -0.05) is 152 Å². The van der Waals surface area contributed by atoms with Gasteiger partial charge in [0.1, 0.15) is 11.2 Å². The summed E-state index contributed by atoms with van der Waals surface area (Å²) in [4.78, 5) is 2.36. The summed E-state index contributed by atoms with van der Waals surface area (Å²) >= 11 is 0. The van der Waals surface area contributed by atoms with Crippen LogP contribution in [0.2, 0.25) is 0 Å². The summed E-state index contributed by atoms with van der Waals surface area (Å²) in [5, 5.41) is 9.78. The molecule has 0 atom stereocenters. The Kier molecular flexibility index (Phi) is 7.54. The van der Waals surface area contributed by atoms with Crippen molar-refractivity contribution in [2.75, 3.05) is 4.90 Å². The van der Waals surface area contributed by atoms with E-state index in [4.69, 9.17) is 4.42 Å². The van der Waals surface area contributed by atoms with Gasteiger partial charge in [-0.25, -0.2) is 0 Å². The van der Waals surface area contributed by atoms with Crippen molar-refractivity contribution in [2.45, 2.75) is 0 Å². The molecule has 0 bridgehead atoms. The zero-order valence-electron chi connectivity index (χ0n) is 32.1. The van der Waals surface area contributed by atoms with Crippen molar-refractivity contribution in [3.8, 4) is 27.9 Å². The molecule has 0 N–H and O–H groups in total. The normalized spacial score (nSPS) is 11.7. The highest BCUT2D eigenvalue weighted by molar-refractivity contribution is 6.14. The smallest absolute Gasteiger partial charge is 0.137 e. The Morgan fingerprint density at radius 2 is 0.881 bits per heavy atom. The number of anilines is 3. The van der Waals surface area contributed by atoms with Crippen LogP contribution in [0.5, 0.6) is 0 Å². The molecule has 0 amide bonds. The van der Waals surface area contributed by atoms with Crippen LogP contribution in [0.3, 0.4) is 0 Å². The number of fused-ring (bicyclic) bond motifs is 9. The first-order chi connectivity index (χ1) is 29.3. The first-order valence-corrected chi connectivity index (χ1v) is 20.2. The largest absolute Gasteiger partial charge is 0.456 e. The highest BCUT2D eigenvalue weighted by Gasteiger charge is 2.20. The maximum atomic E-state index is 6.40. The van der Waals surface area contributed by atoms with Gasteiger partial charge in [-0.3, -0.25) is 0 Å². The molecule has 2 heterocycles. The molecule has 3 nitrogen and oxygen atoms in total. The van der Waals surface area contributed by atoms with Crippen LogP contribution in [0.4, 0.5) is 17.1 Å². The van der Waals surface area contributed by atoms with Gasteiger partial charge in [0, 0.05) is 33.2 Å². The molecule has 0 aliphatic rings. The second kappa shape index (κ2) is 13.4. The second-order valence-corrected chi connectivity index (χ2v) is 15.3. The number of hydrogen-bond donors (Lipinski definition) is 0. The quantitative estimate of drug-likeness (QED) is 0.158. The minimum Gasteiger partial charge on any atom is -0.456 e. The van der Waals surface area contributed by atoms with Gasteiger partial charge in [-0.15, -0.1) is 0 Å². The zero-order valence-corrected chi connectivity index (χ0v) is 32.1. The standard InChI is InChI=1S/C56H36N2O/c1-2-12-44-39(11-1)29-36-47-45(16-9-17-46(44)47)40-27-34-42(35-28-40)57(53-20-10-22-55-56(53)50-15-5-8-21-54(50)59-55)41-30-23-37(24-31-41)38-25-32-43(33-26-38)58-51-18-6-3-13-48(51)49-14-4-7-19-52(49)58/h1-36H. The van der Waals surface area contributed by atoms with Gasteiger partial charge in [-0.05, 0) is 111 Å². The van der Waals surface area contributed by atoms with Crippen LogP contribution in [0.15, 0.2) is 223 Å². The van der Waals surface area contributed by atoms with E-state index >= 15 is 0 Å². The summed E-state index contributed by atoms with van der Waals surface area (Å²) in [6.07, 6.45) is 0. The van der Waals surface area contributed by atoms with Crippen molar-refractivity contribution in [1.29, 1.82) is 0 Å². The number of para-hydroxylation sites is 3.